The van der Waals surface area contributed by atoms with Crippen LogP contribution in [0.3, 0.4) is 0 Å². The normalized spacial score (nSPS) is 11.6. The number of carbonyl (C=O) groups is 3. The van der Waals surface area contributed by atoms with E-state index in [1.54, 1.807) is 30.3 Å². The number of phenolic OH excluding ortho intramolecular Hbond substituents is 1. The van der Waals surface area contributed by atoms with Gasteiger partial charge in [-0.3, -0.25) is 9.59 Å². The van der Waals surface area contributed by atoms with Crippen LogP contribution in [0.5, 0.6) is 5.75 Å². The van der Waals surface area contributed by atoms with E-state index in [1.165, 1.54) is 19.2 Å². The van der Waals surface area contributed by atoms with Crippen molar-refractivity contribution in [3.05, 3.63) is 71.9 Å². The summed E-state index contributed by atoms with van der Waals surface area (Å²) in [6.07, 6.45) is -0.418. The number of carboxylic acids is 1. The van der Waals surface area contributed by atoms with E-state index in [0.717, 1.165) is 10.5 Å². The molecule has 0 radical (unpaired) electrons. The van der Waals surface area contributed by atoms with Gasteiger partial charge < -0.3 is 19.8 Å². The average Bonchev–Trinajstić information content (AvgIpc) is 2.77. The second-order valence-corrected chi connectivity index (χ2v) is 7.00. The average molecular weight is 422 g/mol. The smallest absolute Gasteiger partial charge is 0.329 e. The van der Waals surface area contributed by atoms with Gasteiger partial charge in [0.25, 0.3) is 5.91 Å². The Labute approximate surface area is 178 Å². The van der Waals surface area contributed by atoms with E-state index in [9.17, 15) is 19.5 Å². The Hall–Kier alpha value is -3.94. The van der Waals surface area contributed by atoms with Crippen molar-refractivity contribution in [2.75, 3.05) is 7.05 Å². The van der Waals surface area contributed by atoms with E-state index in [-0.39, 0.29) is 36.4 Å². The Balaban J connectivity index is 1.80. The van der Waals surface area contributed by atoms with Crippen molar-refractivity contribution in [1.82, 2.24) is 9.88 Å². The number of para-hydroxylation sites is 1. The van der Waals surface area contributed by atoms with Gasteiger partial charge in [0.2, 0.25) is 0 Å². The fourth-order valence-electron chi connectivity index (χ4n) is 3.13. The highest BCUT2D eigenvalue weighted by Gasteiger charge is 2.30. The van der Waals surface area contributed by atoms with Crippen LogP contribution in [0.4, 0.5) is 0 Å². The van der Waals surface area contributed by atoms with Crippen molar-refractivity contribution < 1.29 is 29.3 Å². The number of rotatable bonds is 8. The molecule has 0 saturated carbocycles. The second kappa shape index (κ2) is 9.71. The zero-order chi connectivity index (χ0) is 22.4. The fourth-order valence-corrected chi connectivity index (χ4v) is 3.13. The summed E-state index contributed by atoms with van der Waals surface area (Å²) >= 11 is 0. The number of carbonyl (C=O) groups excluding carboxylic acids is 2. The predicted molar refractivity (Wildman–Crippen MR) is 112 cm³/mol. The number of likely N-dealkylation sites (N-methyl/N-ethyl adjacent to an activating group) is 1. The van der Waals surface area contributed by atoms with E-state index >= 15 is 0 Å². The van der Waals surface area contributed by atoms with Gasteiger partial charge in [0, 0.05) is 18.9 Å². The number of aromatic nitrogens is 1. The Morgan fingerprint density at radius 3 is 2.48 bits per heavy atom. The number of hydrogen-bond acceptors (Lipinski definition) is 6. The number of hydrogen-bond donors (Lipinski definition) is 2. The topological polar surface area (TPSA) is 117 Å². The van der Waals surface area contributed by atoms with Crippen molar-refractivity contribution in [3.8, 4) is 5.75 Å². The largest absolute Gasteiger partial charge is 0.506 e. The first-order valence-corrected chi connectivity index (χ1v) is 9.65. The molecule has 0 aliphatic heterocycles. The Morgan fingerprint density at radius 2 is 1.77 bits per heavy atom. The molecule has 160 valence electrons. The molecule has 3 aromatic rings. The number of phenols is 1. The fraction of sp³-hybridized carbons (Fsp3) is 0.217. The summed E-state index contributed by atoms with van der Waals surface area (Å²) in [6, 6.07) is 15.9. The van der Waals surface area contributed by atoms with Gasteiger partial charge in [0.15, 0.2) is 0 Å². The number of aromatic hydroxyl groups is 1. The van der Waals surface area contributed by atoms with E-state index in [0.29, 0.717) is 5.39 Å². The summed E-state index contributed by atoms with van der Waals surface area (Å²) in [5.41, 5.74) is 1.05. The molecule has 0 fully saturated rings. The van der Waals surface area contributed by atoms with Crippen molar-refractivity contribution >= 4 is 28.7 Å². The van der Waals surface area contributed by atoms with Gasteiger partial charge in [-0.15, -0.1) is 0 Å². The van der Waals surface area contributed by atoms with Gasteiger partial charge in [-0.25, -0.2) is 9.78 Å². The minimum absolute atomic E-state index is 0.00731. The van der Waals surface area contributed by atoms with Crippen molar-refractivity contribution in [2.24, 2.45) is 0 Å². The van der Waals surface area contributed by atoms with Crippen LogP contribution in [0.2, 0.25) is 0 Å². The minimum Gasteiger partial charge on any atom is -0.506 e. The molecule has 3 rings (SSSR count). The molecule has 0 unspecified atom stereocenters. The van der Waals surface area contributed by atoms with Crippen molar-refractivity contribution in [1.29, 1.82) is 0 Å². The molecule has 2 N–H and O–H groups in total. The maximum Gasteiger partial charge on any atom is 0.329 e. The number of aliphatic carboxylic acids is 1. The molecule has 0 bridgehead atoms. The third-order valence-electron chi connectivity index (χ3n) is 4.83. The Kier molecular flexibility index (Phi) is 6.81. The van der Waals surface area contributed by atoms with Crippen LogP contribution in [0, 0.1) is 0 Å². The molecular weight excluding hydrogens is 400 g/mol. The third kappa shape index (κ3) is 5.36. The molecule has 1 amide bonds. The van der Waals surface area contributed by atoms with Crippen LogP contribution in [0.15, 0.2) is 60.7 Å². The van der Waals surface area contributed by atoms with E-state index < -0.39 is 23.9 Å². The maximum absolute atomic E-state index is 13.0. The van der Waals surface area contributed by atoms with E-state index in [1.807, 2.05) is 18.2 Å². The highest BCUT2D eigenvalue weighted by molar-refractivity contribution is 5.97. The number of amides is 1. The third-order valence-corrected chi connectivity index (χ3v) is 4.83. The molecule has 2 aromatic carbocycles. The summed E-state index contributed by atoms with van der Waals surface area (Å²) in [7, 11) is 1.40. The lowest BCUT2D eigenvalue weighted by atomic mass is 10.1. The molecule has 0 aliphatic rings. The lowest BCUT2D eigenvalue weighted by molar-refractivity contribution is -0.150. The lowest BCUT2D eigenvalue weighted by Crippen LogP contribution is -2.44. The van der Waals surface area contributed by atoms with Gasteiger partial charge >= 0.3 is 11.9 Å². The predicted octanol–water partition coefficient (Wildman–Crippen LogP) is 2.99. The number of nitrogens with zero attached hydrogens (tertiary/aromatic N) is 2. The van der Waals surface area contributed by atoms with Crippen LogP contribution in [-0.4, -0.2) is 51.0 Å². The van der Waals surface area contributed by atoms with E-state index in [4.69, 9.17) is 9.84 Å². The number of benzene rings is 2. The van der Waals surface area contributed by atoms with Crippen LogP contribution in [0.25, 0.3) is 10.9 Å². The van der Waals surface area contributed by atoms with Gasteiger partial charge in [-0.1, -0.05) is 48.5 Å². The molecule has 31 heavy (non-hydrogen) atoms. The summed E-state index contributed by atoms with van der Waals surface area (Å²) in [5.74, 6) is -2.45. The van der Waals surface area contributed by atoms with Gasteiger partial charge in [0.05, 0.1) is 0 Å². The standard InChI is InChI=1S/C23H22N2O6/c1-25(22(29)17-11-10-16-8-5-9-19(26)21(16)24-17)18(12-13-20(27)28)23(30)31-14-15-6-3-2-4-7-15/h2-11,18,26H,12-14H2,1H3,(H,27,28)/t18-/m0/s1. The molecule has 0 aliphatic carbocycles. The summed E-state index contributed by atoms with van der Waals surface area (Å²) in [4.78, 5) is 42.1. The zero-order valence-electron chi connectivity index (χ0n) is 16.9. The summed E-state index contributed by atoms with van der Waals surface area (Å²) < 4.78 is 5.33. The number of ether oxygens (including phenoxy) is 1. The molecule has 8 heteroatoms. The van der Waals surface area contributed by atoms with Crippen LogP contribution in [-0.2, 0) is 20.9 Å². The van der Waals surface area contributed by atoms with E-state index in [2.05, 4.69) is 4.98 Å². The number of fused-ring (bicyclic) bond motifs is 1. The minimum atomic E-state index is -1.10. The van der Waals surface area contributed by atoms with Crippen LogP contribution >= 0.6 is 0 Å². The van der Waals surface area contributed by atoms with Crippen molar-refractivity contribution in [2.45, 2.75) is 25.5 Å². The lowest BCUT2D eigenvalue weighted by Gasteiger charge is -2.26. The second-order valence-electron chi connectivity index (χ2n) is 7.00. The van der Waals surface area contributed by atoms with Crippen LogP contribution < -0.4 is 0 Å². The Morgan fingerprint density at radius 1 is 1.03 bits per heavy atom. The van der Waals surface area contributed by atoms with Gasteiger partial charge in [0.1, 0.15) is 29.6 Å². The summed E-state index contributed by atoms with van der Waals surface area (Å²) in [6.45, 7) is 0.00731. The molecular formula is C23H22N2O6. The highest BCUT2D eigenvalue weighted by Crippen LogP contribution is 2.23. The first kappa shape index (κ1) is 21.8. The number of esters is 1. The first-order valence-electron chi connectivity index (χ1n) is 9.65. The molecule has 0 spiro atoms. The first-order chi connectivity index (χ1) is 14.9. The number of carboxylic acid groups (broad SMARTS) is 1. The van der Waals surface area contributed by atoms with Gasteiger partial charge in [-0.2, -0.15) is 0 Å². The monoisotopic (exact) mass is 422 g/mol. The maximum atomic E-state index is 13.0. The quantitative estimate of drug-likeness (QED) is 0.536. The highest BCUT2D eigenvalue weighted by atomic mass is 16.5. The van der Waals surface area contributed by atoms with Crippen LogP contribution in [0.1, 0.15) is 28.9 Å². The molecule has 8 nitrogen and oxygen atoms in total. The number of pyridine rings is 1. The SMILES string of the molecule is CN(C(=O)c1ccc2cccc(O)c2n1)[C@@H](CCC(=O)O)C(=O)OCc1ccccc1. The summed E-state index contributed by atoms with van der Waals surface area (Å²) in [5, 5.41) is 19.7. The molecule has 1 atom stereocenters. The molecule has 0 saturated heterocycles. The van der Waals surface area contributed by atoms with Gasteiger partial charge in [-0.05, 0) is 24.1 Å². The molecule has 1 heterocycles. The Bertz CT molecular complexity index is 1100. The van der Waals surface area contributed by atoms with Crippen molar-refractivity contribution in [3.63, 3.8) is 0 Å². The molecule has 1 aromatic heterocycles. The zero-order valence-corrected chi connectivity index (χ0v) is 16.9.